The second-order valence-electron chi connectivity index (χ2n) is 7.73. The van der Waals surface area contributed by atoms with Gasteiger partial charge in [0, 0.05) is 17.8 Å². The summed E-state index contributed by atoms with van der Waals surface area (Å²) < 4.78 is 8.11. The molecule has 0 radical (unpaired) electrons. The summed E-state index contributed by atoms with van der Waals surface area (Å²) in [4.78, 5) is 15.4. The van der Waals surface area contributed by atoms with Gasteiger partial charge >= 0.3 is 5.97 Å². The van der Waals surface area contributed by atoms with Gasteiger partial charge in [0.05, 0.1) is 18.5 Å². The van der Waals surface area contributed by atoms with Crippen LogP contribution >= 0.6 is 0 Å². The molecule has 0 fully saturated rings. The van der Waals surface area contributed by atoms with Crippen molar-refractivity contribution < 1.29 is 14.6 Å². The molecule has 0 saturated carbocycles. The molecular weight excluding hydrogens is 364 g/mol. The number of carboxylic acids is 1. The number of rotatable bonds is 7. The molecule has 1 aromatic carbocycles. The fourth-order valence-electron chi connectivity index (χ4n) is 3.39. The van der Waals surface area contributed by atoms with E-state index in [1.54, 1.807) is 6.08 Å². The van der Waals surface area contributed by atoms with Crippen molar-refractivity contribution in [1.29, 1.82) is 0 Å². The van der Waals surface area contributed by atoms with Crippen LogP contribution in [0.3, 0.4) is 0 Å². The SMILES string of the molecule is CCOc1c(-c2cnc3ccc(/C=C/C(=O)O)cn23)cc(C(C)C)cc1C(C)C. The second-order valence-corrected chi connectivity index (χ2v) is 7.73. The Balaban J connectivity index is 2.27. The Labute approximate surface area is 171 Å². The minimum Gasteiger partial charge on any atom is -0.493 e. The first-order valence-corrected chi connectivity index (χ1v) is 10.0. The summed E-state index contributed by atoms with van der Waals surface area (Å²) in [5.41, 5.74) is 5.97. The summed E-state index contributed by atoms with van der Waals surface area (Å²) >= 11 is 0. The standard InChI is InChI=1S/C24H28N2O3/c1-6-29-24-19(16(4)5)11-18(15(2)3)12-20(24)21-13-25-22-9-7-17(14-26(21)22)8-10-23(27)28/h7-16H,6H2,1-5H3,(H,27,28)/b10-8+. The third-order valence-electron chi connectivity index (χ3n) is 4.94. The highest BCUT2D eigenvalue weighted by molar-refractivity contribution is 5.85. The summed E-state index contributed by atoms with van der Waals surface area (Å²) in [6, 6.07) is 8.18. The van der Waals surface area contributed by atoms with Crippen molar-refractivity contribution >= 4 is 17.7 Å². The number of ether oxygens (including phenoxy) is 1. The molecule has 0 amide bonds. The molecule has 0 saturated heterocycles. The van der Waals surface area contributed by atoms with Crippen LogP contribution in [0.5, 0.6) is 5.75 Å². The number of nitrogens with zero attached hydrogens (tertiary/aromatic N) is 2. The zero-order valence-electron chi connectivity index (χ0n) is 17.6. The summed E-state index contributed by atoms with van der Waals surface area (Å²) in [6.07, 6.45) is 6.48. The minimum absolute atomic E-state index is 0.322. The zero-order chi connectivity index (χ0) is 21.1. The monoisotopic (exact) mass is 392 g/mol. The minimum atomic E-state index is -0.971. The highest BCUT2D eigenvalue weighted by atomic mass is 16.5. The molecule has 2 aromatic heterocycles. The van der Waals surface area contributed by atoms with E-state index in [9.17, 15) is 4.79 Å². The molecule has 5 nitrogen and oxygen atoms in total. The van der Waals surface area contributed by atoms with Gasteiger partial charge in [0.2, 0.25) is 0 Å². The fraction of sp³-hybridized carbons (Fsp3) is 0.333. The molecule has 152 valence electrons. The molecule has 0 aliphatic heterocycles. The van der Waals surface area contributed by atoms with E-state index in [-0.39, 0.29) is 0 Å². The Morgan fingerprint density at radius 3 is 2.59 bits per heavy atom. The van der Waals surface area contributed by atoms with E-state index < -0.39 is 5.97 Å². The predicted octanol–water partition coefficient (Wildman–Crippen LogP) is 5.74. The predicted molar refractivity (Wildman–Crippen MR) is 117 cm³/mol. The van der Waals surface area contributed by atoms with Gasteiger partial charge in [-0.3, -0.25) is 4.40 Å². The molecule has 0 unspecified atom stereocenters. The summed E-state index contributed by atoms with van der Waals surface area (Å²) in [5.74, 6) is 0.624. The van der Waals surface area contributed by atoms with E-state index in [1.807, 2.05) is 35.9 Å². The maximum absolute atomic E-state index is 10.9. The zero-order valence-corrected chi connectivity index (χ0v) is 17.6. The molecule has 0 atom stereocenters. The van der Waals surface area contributed by atoms with E-state index in [2.05, 4.69) is 44.8 Å². The molecule has 3 aromatic rings. The van der Waals surface area contributed by atoms with Crippen LogP contribution in [0.25, 0.3) is 23.0 Å². The van der Waals surface area contributed by atoms with Crippen LogP contribution < -0.4 is 4.74 Å². The molecule has 5 heteroatoms. The Morgan fingerprint density at radius 2 is 1.97 bits per heavy atom. The van der Waals surface area contributed by atoms with Crippen molar-refractivity contribution in [3.63, 3.8) is 0 Å². The number of hydrogen-bond donors (Lipinski definition) is 1. The van der Waals surface area contributed by atoms with Crippen LogP contribution in [0.4, 0.5) is 0 Å². The third kappa shape index (κ3) is 4.34. The molecule has 0 aliphatic carbocycles. The molecule has 0 bridgehead atoms. The van der Waals surface area contributed by atoms with Crippen molar-refractivity contribution in [1.82, 2.24) is 9.38 Å². The number of imidazole rings is 1. The molecule has 1 N–H and O–H groups in total. The van der Waals surface area contributed by atoms with Gasteiger partial charge in [-0.1, -0.05) is 33.8 Å². The Kier molecular flexibility index (Phi) is 6.06. The number of aromatic nitrogens is 2. The average Bonchev–Trinajstić information content (AvgIpc) is 3.09. The second kappa shape index (κ2) is 8.52. The molecule has 29 heavy (non-hydrogen) atoms. The normalized spacial score (nSPS) is 11.8. The van der Waals surface area contributed by atoms with Crippen molar-refractivity contribution in [2.45, 2.75) is 46.5 Å². The van der Waals surface area contributed by atoms with E-state index in [4.69, 9.17) is 9.84 Å². The average molecular weight is 392 g/mol. The molecule has 2 heterocycles. The molecule has 0 aliphatic rings. The number of carboxylic acid groups (broad SMARTS) is 1. The maximum Gasteiger partial charge on any atom is 0.328 e. The highest BCUT2D eigenvalue weighted by Crippen LogP contribution is 2.40. The topological polar surface area (TPSA) is 63.8 Å². The van der Waals surface area contributed by atoms with Crippen LogP contribution in [0, 0.1) is 0 Å². The maximum atomic E-state index is 10.9. The number of pyridine rings is 1. The van der Waals surface area contributed by atoms with Crippen LogP contribution in [0.1, 0.15) is 63.1 Å². The van der Waals surface area contributed by atoms with Crippen molar-refractivity contribution in [3.8, 4) is 17.0 Å². The summed E-state index contributed by atoms with van der Waals surface area (Å²) in [6.45, 7) is 11.3. The number of carbonyl (C=O) groups is 1. The number of fused-ring (bicyclic) bond motifs is 1. The van der Waals surface area contributed by atoms with Crippen molar-refractivity contribution in [2.75, 3.05) is 6.61 Å². The van der Waals surface area contributed by atoms with E-state index >= 15 is 0 Å². The lowest BCUT2D eigenvalue weighted by atomic mass is 9.91. The van der Waals surface area contributed by atoms with Crippen LogP contribution in [-0.2, 0) is 4.79 Å². The molecule has 3 rings (SSSR count). The summed E-state index contributed by atoms with van der Waals surface area (Å²) in [7, 11) is 0. The van der Waals surface area contributed by atoms with E-state index in [0.717, 1.165) is 34.3 Å². The van der Waals surface area contributed by atoms with Crippen molar-refractivity contribution in [3.05, 3.63) is 59.4 Å². The van der Waals surface area contributed by atoms with Crippen LogP contribution in [0.2, 0.25) is 0 Å². The number of hydrogen-bond acceptors (Lipinski definition) is 3. The van der Waals surface area contributed by atoms with Gasteiger partial charge in [-0.15, -0.1) is 0 Å². The van der Waals surface area contributed by atoms with E-state index in [1.165, 1.54) is 11.1 Å². The van der Waals surface area contributed by atoms with Gasteiger partial charge in [-0.25, -0.2) is 9.78 Å². The van der Waals surface area contributed by atoms with Crippen LogP contribution in [0.15, 0.2) is 42.7 Å². The first kappa shape index (κ1) is 20.6. The van der Waals surface area contributed by atoms with Crippen LogP contribution in [-0.4, -0.2) is 27.1 Å². The van der Waals surface area contributed by atoms with Gasteiger partial charge in [0.25, 0.3) is 0 Å². The van der Waals surface area contributed by atoms with E-state index in [0.29, 0.717) is 18.4 Å². The van der Waals surface area contributed by atoms with Gasteiger partial charge < -0.3 is 9.84 Å². The number of benzene rings is 1. The Bertz CT molecular complexity index is 1060. The molecule has 0 spiro atoms. The van der Waals surface area contributed by atoms with Gasteiger partial charge in [-0.05, 0) is 59.7 Å². The Morgan fingerprint density at radius 1 is 1.21 bits per heavy atom. The fourth-order valence-corrected chi connectivity index (χ4v) is 3.39. The van der Waals surface area contributed by atoms with Gasteiger partial charge in [-0.2, -0.15) is 0 Å². The number of aliphatic carboxylic acids is 1. The third-order valence-corrected chi connectivity index (χ3v) is 4.94. The van der Waals surface area contributed by atoms with Gasteiger partial charge in [0.15, 0.2) is 0 Å². The largest absolute Gasteiger partial charge is 0.493 e. The Hall–Kier alpha value is -3.08. The molecular formula is C24H28N2O3. The lowest BCUT2D eigenvalue weighted by Crippen LogP contribution is -2.04. The van der Waals surface area contributed by atoms with Crippen molar-refractivity contribution in [2.24, 2.45) is 0 Å². The van der Waals surface area contributed by atoms with Gasteiger partial charge in [0.1, 0.15) is 11.4 Å². The lowest BCUT2D eigenvalue weighted by Gasteiger charge is -2.20. The lowest BCUT2D eigenvalue weighted by molar-refractivity contribution is -0.131. The quantitative estimate of drug-likeness (QED) is 0.520. The summed E-state index contributed by atoms with van der Waals surface area (Å²) in [5, 5.41) is 8.92. The highest BCUT2D eigenvalue weighted by Gasteiger charge is 2.20. The first-order valence-electron chi connectivity index (χ1n) is 10.0. The smallest absolute Gasteiger partial charge is 0.328 e. The first-order chi connectivity index (χ1) is 13.8.